The summed E-state index contributed by atoms with van der Waals surface area (Å²) in [5.41, 5.74) is 1.17. The molecule has 0 unspecified atom stereocenters. The molecule has 19 heavy (non-hydrogen) atoms. The molecule has 1 N–H and O–H groups in total. The molecule has 1 aliphatic carbocycles. The summed E-state index contributed by atoms with van der Waals surface area (Å²) >= 11 is 0. The van der Waals surface area contributed by atoms with Crippen molar-refractivity contribution in [1.29, 1.82) is 0 Å². The first-order valence-electron chi connectivity index (χ1n) is 7.05. The van der Waals surface area contributed by atoms with Crippen molar-refractivity contribution in [1.82, 2.24) is 5.32 Å². The van der Waals surface area contributed by atoms with Gasteiger partial charge in [-0.1, -0.05) is 0 Å². The summed E-state index contributed by atoms with van der Waals surface area (Å²) in [7, 11) is 3.45. The van der Waals surface area contributed by atoms with Crippen molar-refractivity contribution in [2.45, 2.75) is 31.3 Å². The van der Waals surface area contributed by atoms with Gasteiger partial charge in [0.1, 0.15) is 11.5 Å². The van der Waals surface area contributed by atoms with E-state index >= 15 is 0 Å². The molecule has 0 spiro atoms. The number of ether oxygens (including phenoxy) is 2. The molecule has 2 atom stereocenters. The number of nitrogens with zero attached hydrogens (tertiary/aromatic N) is 1. The van der Waals surface area contributed by atoms with E-state index in [9.17, 15) is 0 Å². The molecule has 0 amide bonds. The minimum atomic E-state index is 0.592. The molecular formula is C15H22N2O2. The first-order chi connectivity index (χ1) is 9.33. The van der Waals surface area contributed by atoms with E-state index in [4.69, 9.17) is 9.47 Å². The lowest BCUT2D eigenvalue weighted by Gasteiger charge is -2.40. The third kappa shape index (κ3) is 2.25. The molecule has 1 aromatic carbocycles. The minimum absolute atomic E-state index is 0.592. The normalized spacial score (nSPS) is 26.1. The molecule has 1 heterocycles. The molecule has 1 saturated carbocycles. The summed E-state index contributed by atoms with van der Waals surface area (Å²) in [6.45, 7) is 2.08. The summed E-state index contributed by atoms with van der Waals surface area (Å²) < 4.78 is 10.9. The minimum Gasteiger partial charge on any atom is -0.497 e. The van der Waals surface area contributed by atoms with Crippen LogP contribution in [0.2, 0.25) is 0 Å². The first kappa shape index (κ1) is 12.6. The highest BCUT2D eigenvalue weighted by molar-refractivity contribution is 5.63. The maximum absolute atomic E-state index is 5.53. The third-order valence-corrected chi connectivity index (χ3v) is 4.33. The molecule has 4 nitrogen and oxygen atoms in total. The predicted octanol–water partition coefficient (Wildman–Crippen LogP) is 2.03. The third-order valence-electron chi connectivity index (χ3n) is 4.33. The van der Waals surface area contributed by atoms with Crippen LogP contribution in [0.4, 0.5) is 5.69 Å². The van der Waals surface area contributed by atoms with Crippen LogP contribution < -0.4 is 19.7 Å². The quantitative estimate of drug-likeness (QED) is 0.904. The van der Waals surface area contributed by atoms with Crippen LogP contribution in [0.5, 0.6) is 11.5 Å². The molecule has 2 aliphatic rings. The van der Waals surface area contributed by atoms with E-state index in [0.717, 1.165) is 24.6 Å². The van der Waals surface area contributed by atoms with E-state index < -0.39 is 0 Å². The Balaban J connectivity index is 1.95. The second-order valence-corrected chi connectivity index (χ2v) is 5.29. The van der Waals surface area contributed by atoms with Crippen molar-refractivity contribution in [3.8, 4) is 11.5 Å². The van der Waals surface area contributed by atoms with Crippen molar-refractivity contribution in [2.75, 3.05) is 32.2 Å². The number of hydrogen-bond acceptors (Lipinski definition) is 4. The lowest BCUT2D eigenvalue weighted by atomic mass is 10.1. The van der Waals surface area contributed by atoms with Crippen LogP contribution >= 0.6 is 0 Å². The SMILES string of the molecule is COc1ccc(OC)c(N2CCN[C@H]3CCC[C@H]32)c1. The van der Waals surface area contributed by atoms with Crippen molar-refractivity contribution in [2.24, 2.45) is 0 Å². The van der Waals surface area contributed by atoms with Gasteiger partial charge < -0.3 is 19.7 Å². The summed E-state index contributed by atoms with van der Waals surface area (Å²) in [5, 5.41) is 3.63. The fraction of sp³-hybridized carbons (Fsp3) is 0.600. The van der Waals surface area contributed by atoms with Crippen LogP contribution in [0, 0.1) is 0 Å². The molecule has 1 aromatic rings. The van der Waals surface area contributed by atoms with Crippen LogP contribution in [0.1, 0.15) is 19.3 Å². The molecular weight excluding hydrogens is 240 g/mol. The van der Waals surface area contributed by atoms with Crippen LogP contribution in [-0.2, 0) is 0 Å². The number of benzene rings is 1. The van der Waals surface area contributed by atoms with Gasteiger partial charge in [-0.2, -0.15) is 0 Å². The van der Waals surface area contributed by atoms with Gasteiger partial charge in [0.15, 0.2) is 0 Å². The van der Waals surface area contributed by atoms with Crippen molar-refractivity contribution in [3.63, 3.8) is 0 Å². The van der Waals surface area contributed by atoms with Gasteiger partial charge in [0.2, 0.25) is 0 Å². The van der Waals surface area contributed by atoms with Gasteiger partial charge in [-0.05, 0) is 31.4 Å². The Morgan fingerprint density at radius 3 is 2.89 bits per heavy atom. The molecule has 0 radical (unpaired) electrons. The highest BCUT2D eigenvalue weighted by Crippen LogP contribution is 2.37. The number of anilines is 1. The van der Waals surface area contributed by atoms with Gasteiger partial charge in [-0.3, -0.25) is 0 Å². The molecule has 0 bridgehead atoms. The smallest absolute Gasteiger partial charge is 0.142 e. The van der Waals surface area contributed by atoms with Crippen molar-refractivity contribution in [3.05, 3.63) is 18.2 Å². The Morgan fingerprint density at radius 2 is 2.11 bits per heavy atom. The van der Waals surface area contributed by atoms with E-state index in [2.05, 4.69) is 16.3 Å². The van der Waals surface area contributed by atoms with Crippen molar-refractivity contribution < 1.29 is 9.47 Å². The molecule has 1 aliphatic heterocycles. The molecule has 104 valence electrons. The fourth-order valence-corrected chi connectivity index (χ4v) is 3.41. The van der Waals surface area contributed by atoms with E-state index in [1.54, 1.807) is 14.2 Å². The molecule has 3 rings (SSSR count). The van der Waals surface area contributed by atoms with Crippen LogP contribution in [-0.4, -0.2) is 39.4 Å². The fourth-order valence-electron chi connectivity index (χ4n) is 3.41. The summed E-state index contributed by atoms with van der Waals surface area (Å²) in [4.78, 5) is 2.50. The van der Waals surface area contributed by atoms with E-state index in [-0.39, 0.29) is 0 Å². The van der Waals surface area contributed by atoms with Gasteiger partial charge in [0.05, 0.1) is 19.9 Å². The monoisotopic (exact) mass is 262 g/mol. The van der Waals surface area contributed by atoms with Crippen LogP contribution in [0.3, 0.4) is 0 Å². The number of fused-ring (bicyclic) bond motifs is 1. The largest absolute Gasteiger partial charge is 0.497 e. The number of piperazine rings is 1. The predicted molar refractivity (Wildman–Crippen MR) is 76.3 cm³/mol. The molecule has 4 heteroatoms. The highest BCUT2D eigenvalue weighted by atomic mass is 16.5. The number of rotatable bonds is 3. The second kappa shape index (κ2) is 5.29. The van der Waals surface area contributed by atoms with Gasteiger partial charge in [0, 0.05) is 31.2 Å². The number of hydrogen-bond donors (Lipinski definition) is 1. The average molecular weight is 262 g/mol. The van der Waals surface area contributed by atoms with Crippen molar-refractivity contribution >= 4 is 5.69 Å². The summed E-state index contributed by atoms with van der Waals surface area (Å²) in [6, 6.07) is 7.27. The maximum Gasteiger partial charge on any atom is 0.142 e. The molecule has 1 saturated heterocycles. The highest BCUT2D eigenvalue weighted by Gasteiger charge is 2.36. The van der Waals surface area contributed by atoms with Gasteiger partial charge in [-0.25, -0.2) is 0 Å². The average Bonchev–Trinajstić information content (AvgIpc) is 2.94. The Labute approximate surface area is 114 Å². The summed E-state index contributed by atoms with van der Waals surface area (Å²) in [5.74, 6) is 1.83. The van der Waals surface area contributed by atoms with Crippen LogP contribution in [0.15, 0.2) is 18.2 Å². The molecule has 2 fully saturated rings. The second-order valence-electron chi connectivity index (χ2n) is 5.29. The van der Waals surface area contributed by atoms with Gasteiger partial charge in [-0.15, -0.1) is 0 Å². The topological polar surface area (TPSA) is 33.7 Å². The lowest BCUT2D eigenvalue weighted by molar-refractivity contribution is 0.382. The Hall–Kier alpha value is -1.42. The zero-order valence-electron chi connectivity index (χ0n) is 11.7. The maximum atomic E-state index is 5.53. The Bertz CT molecular complexity index is 450. The molecule has 0 aromatic heterocycles. The summed E-state index contributed by atoms with van der Waals surface area (Å²) in [6.07, 6.45) is 3.86. The van der Waals surface area contributed by atoms with Crippen LogP contribution in [0.25, 0.3) is 0 Å². The van der Waals surface area contributed by atoms with E-state index in [1.807, 2.05) is 12.1 Å². The number of methoxy groups -OCH3 is 2. The first-order valence-corrected chi connectivity index (χ1v) is 7.05. The van der Waals surface area contributed by atoms with E-state index in [0.29, 0.717) is 12.1 Å². The Morgan fingerprint density at radius 1 is 1.21 bits per heavy atom. The zero-order chi connectivity index (χ0) is 13.2. The Kier molecular flexibility index (Phi) is 3.51. The number of nitrogens with one attached hydrogen (secondary N) is 1. The lowest BCUT2D eigenvalue weighted by Crippen LogP contribution is -2.55. The zero-order valence-corrected chi connectivity index (χ0v) is 11.7. The van der Waals surface area contributed by atoms with Gasteiger partial charge >= 0.3 is 0 Å². The van der Waals surface area contributed by atoms with Gasteiger partial charge in [0.25, 0.3) is 0 Å². The standard InChI is InChI=1S/C15H22N2O2/c1-18-11-6-7-15(19-2)14(10-11)17-9-8-16-12-4-3-5-13(12)17/h6-7,10,12-13,16H,3-5,8-9H2,1-2H3/t12-,13+/m0/s1. The van der Waals surface area contributed by atoms with E-state index in [1.165, 1.54) is 24.9 Å².